The third-order valence-electron chi connectivity index (χ3n) is 1.59. The molecule has 0 aromatic heterocycles. The zero-order valence-electron chi connectivity index (χ0n) is 6.85. The second kappa shape index (κ2) is 4.45. The lowest BCUT2D eigenvalue weighted by molar-refractivity contribution is -0.116. The first-order valence-corrected chi connectivity index (χ1v) is 5.22. The molecule has 1 atom stereocenters. The molecule has 0 saturated heterocycles. The maximum absolute atomic E-state index is 11.0. The second-order valence-electron chi connectivity index (χ2n) is 2.64. The summed E-state index contributed by atoms with van der Waals surface area (Å²) in [4.78, 5) is 11.0. The molecule has 0 radical (unpaired) electrons. The van der Waals surface area contributed by atoms with Crippen LogP contribution in [0.1, 0.15) is 17.9 Å². The van der Waals surface area contributed by atoms with Crippen molar-refractivity contribution in [3.8, 4) is 0 Å². The monoisotopic (exact) mass is 280 g/mol. The molecule has 0 amide bonds. The van der Waals surface area contributed by atoms with Crippen molar-refractivity contribution in [2.24, 2.45) is 0 Å². The van der Waals surface area contributed by atoms with E-state index in [-0.39, 0.29) is 5.78 Å². The van der Waals surface area contributed by atoms with Gasteiger partial charge in [0.15, 0.2) is 5.78 Å². The zero-order valence-corrected chi connectivity index (χ0v) is 9.95. The number of carbonyl (C=O) groups is 1. The highest BCUT2D eigenvalue weighted by Gasteiger charge is 2.15. The largest absolute Gasteiger partial charge is 0.298 e. The van der Waals surface area contributed by atoms with Gasteiger partial charge in [0.1, 0.15) is 5.38 Å². The van der Waals surface area contributed by atoms with E-state index in [0.29, 0.717) is 5.02 Å². The maximum Gasteiger partial charge on any atom is 0.152 e. The molecule has 1 rings (SSSR count). The van der Waals surface area contributed by atoms with E-state index in [1.54, 1.807) is 18.2 Å². The second-order valence-corrected chi connectivity index (χ2v) is 4.37. The first kappa shape index (κ1) is 11.0. The molecule has 0 aliphatic carbocycles. The number of hydrogen-bond donors (Lipinski definition) is 0. The lowest BCUT2D eigenvalue weighted by atomic mass is 10.1. The van der Waals surface area contributed by atoms with Crippen LogP contribution in [0.5, 0.6) is 0 Å². The number of halogens is 3. The summed E-state index contributed by atoms with van der Waals surface area (Å²) in [7, 11) is 0. The quantitative estimate of drug-likeness (QED) is 0.750. The van der Waals surface area contributed by atoms with Crippen LogP contribution in [0.3, 0.4) is 0 Å². The summed E-state index contributed by atoms with van der Waals surface area (Å²) in [5, 5.41) is 0.00897. The van der Waals surface area contributed by atoms with Crippen LogP contribution in [0.4, 0.5) is 0 Å². The van der Waals surface area contributed by atoms with Crippen molar-refractivity contribution in [3.63, 3.8) is 0 Å². The molecule has 0 N–H and O–H groups in total. The van der Waals surface area contributed by atoms with Gasteiger partial charge in [-0.3, -0.25) is 4.79 Å². The predicted molar refractivity (Wildman–Crippen MR) is 58.4 cm³/mol. The van der Waals surface area contributed by atoms with Gasteiger partial charge in [0.2, 0.25) is 0 Å². The first-order chi connectivity index (χ1) is 6.02. The summed E-state index contributed by atoms with van der Waals surface area (Å²) < 4.78 is 0.759. The lowest BCUT2D eigenvalue weighted by Gasteiger charge is -2.08. The number of ketones is 1. The average molecular weight is 282 g/mol. The molecule has 0 aliphatic heterocycles. The van der Waals surface area contributed by atoms with Gasteiger partial charge in [-0.05, 0) is 24.6 Å². The number of Topliss-reactive ketones (excluding diaryl/α,β-unsaturated/α-hetero) is 1. The minimum Gasteiger partial charge on any atom is -0.298 e. The first-order valence-electron chi connectivity index (χ1n) is 3.62. The number of alkyl halides is 1. The standard InChI is InChI=1S/C9H7BrCl2O/c1-5(13)9(12)7-3-2-6(11)4-8(7)10/h2-4,9H,1H3. The highest BCUT2D eigenvalue weighted by molar-refractivity contribution is 9.10. The van der Waals surface area contributed by atoms with Gasteiger partial charge in [-0.2, -0.15) is 0 Å². The van der Waals surface area contributed by atoms with E-state index in [4.69, 9.17) is 23.2 Å². The molecule has 13 heavy (non-hydrogen) atoms. The van der Waals surface area contributed by atoms with Gasteiger partial charge in [-0.25, -0.2) is 0 Å². The third-order valence-corrected chi connectivity index (χ3v) is 3.06. The average Bonchev–Trinajstić information content (AvgIpc) is 2.03. The summed E-state index contributed by atoms with van der Waals surface area (Å²) in [6.45, 7) is 1.46. The zero-order chi connectivity index (χ0) is 10.0. The van der Waals surface area contributed by atoms with Crippen LogP contribution < -0.4 is 0 Å². The number of carbonyl (C=O) groups excluding carboxylic acids is 1. The molecule has 0 aliphatic rings. The van der Waals surface area contributed by atoms with Crippen LogP contribution in [0, 0.1) is 0 Å². The lowest BCUT2D eigenvalue weighted by Crippen LogP contribution is -2.02. The summed E-state index contributed by atoms with van der Waals surface area (Å²) >= 11 is 14.9. The Bertz CT molecular complexity index is 338. The highest BCUT2D eigenvalue weighted by Crippen LogP contribution is 2.30. The topological polar surface area (TPSA) is 17.1 Å². The van der Waals surface area contributed by atoms with Crippen LogP contribution in [-0.4, -0.2) is 5.78 Å². The van der Waals surface area contributed by atoms with E-state index in [1.165, 1.54) is 6.92 Å². The van der Waals surface area contributed by atoms with Gasteiger partial charge in [0.25, 0.3) is 0 Å². The maximum atomic E-state index is 11.0. The molecule has 0 saturated carbocycles. The minimum atomic E-state index is -0.605. The Morgan fingerprint density at radius 3 is 2.62 bits per heavy atom. The van der Waals surface area contributed by atoms with Crippen molar-refractivity contribution in [2.75, 3.05) is 0 Å². The summed E-state index contributed by atoms with van der Waals surface area (Å²) in [6.07, 6.45) is 0. The fourth-order valence-electron chi connectivity index (χ4n) is 0.926. The van der Waals surface area contributed by atoms with Crippen LogP contribution in [-0.2, 0) is 4.79 Å². The third kappa shape index (κ3) is 2.70. The van der Waals surface area contributed by atoms with Gasteiger partial charge in [0, 0.05) is 9.50 Å². The Kier molecular flexibility index (Phi) is 3.77. The number of hydrogen-bond acceptors (Lipinski definition) is 1. The van der Waals surface area contributed by atoms with Crippen LogP contribution in [0.15, 0.2) is 22.7 Å². The fraction of sp³-hybridized carbons (Fsp3) is 0.222. The van der Waals surface area contributed by atoms with Crippen molar-refractivity contribution >= 4 is 44.9 Å². The van der Waals surface area contributed by atoms with Crippen molar-refractivity contribution in [1.29, 1.82) is 0 Å². The molecule has 0 bridgehead atoms. The van der Waals surface area contributed by atoms with Gasteiger partial charge in [-0.15, -0.1) is 11.6 Å². The van der Waals surface area contributed by atoms with Gasteiger partial charge in [0.05, 0.1) is 0 Å². The van der Waals surface area contributed by atoms with E-state index in [1.807, 2.05) is 0 Å². The molecule has 1 aromatic carbocycles. The molecular weight excluding hydrogens is 275 g/mol. The van der Waals surface area contributed by atoms with E-state index in [2.05, 4.69) is 15.9 Å². The number of rotatable bonds is 2. The van der Waals surface area contributed by atoms with Gasteiger partial charge in [-0.1, -0.05) is 33.6 Å². The molecule has 0 spiro atoms. The molecule has 1 aromatic rings. The number of benzene rings is 1. The van der Waals surface area contributed by atoms with Crippen LogP contribution >= 0.6 is 39.1 Å². The Hall–Kier alpha value is -0.0500. The van der Waals surface area contributed by atoms with Gasteiger partial charge >= 0.3 is 0 Å². The molecule has 4 heteroatoms. The van der Waals surface area contributed by atoms with Gasteiger partial charge < -0.3 is 0 Å². The van der Waals surface area contributed by atoms with Crippen molar-refractivity contribution in [2.45, 2.75) is 12.3 Å². The van der Waals surface area contributed by atoms with E-state index < -0.39 is 5.38 Å². The normalized spacial score (nSPS) is 12.6. The Morgan fingerprint density at radius 2 is 2.15 bits per heavy atom. The summed E-state index contributed by atoms with van der Waals surface area (Å²) in [5.41, 5.74) is 0.749. The minimum absolute atomic E-state index is 0.0790. The predicted octanol–water partition coefficient (Wildman–Crippen LogP) is 3.97. The van der Waals surface area contributed by atoms with Crippen molar-refractivity contribution in [1.82, 2.24) is 0 Å². The van der Waals surface area contributed by atoms with Crippen LogP contribution in [0.25, 0.3) is 0 Å². The Morgan fingerprint density at radius 1 is 1.54 bits per heavy atom. The molecule has 1 unspecified atom stereocenters. The molecule has 1 nitrogen and oxygen atoms in total. The fourth-order valence-corrected chi connectivity index (χ4v) is 2.16. The Balaban J connectivity index is 3.08. The van der Waals surface area contributed by atoms with E-state index in [9.17, 15) is 4.79 Å². The van der Waals surface area contributed by atoms with E-state index in [0.717, 1.165) is 10.0 Å². The van der Waals surface area contributed by atoms with Crippen LogP contribution in [0.2, 0.25) is 5.02 Å². The SMILES string of the molecule is CC(=O)C(Cl)c1ccc(Cl)cc1Br. The Labute approximate surface area is 95.2 Å². The summed E-state index contributed by atoms with van der Waals surface area (Å²) in [6, 6.07) is 5.17. The molecular formula is C9H7BrCl2O. The van der Waals surface area contributed by atoms with Crippen molar-refractivity contribution < 1.29 is 4.79 Å². The van der Waals surface area contributed by atoms with Crippen molar-refractivity contribution in [3.05, 3.63) is 33.3 Å². The van der Waals surface area contributed by atoms with E-state index >= 15 is 0 Å². The molecule has 0 heterocycles. The smallest absolute Gasteiger partial charge is 0.152 e. The molecule has 0 fully saturated rings. The molecule has 70 valence electrons. The summed E-state index contributed by atoms with van der Waals surface area (Å²) in [5.74, 6) is -0.0790. The highest BCUT2D eigenvalue weighted by atomic mass is 79.9.